The summed E-state index contributed by atoms with van der Waals surface area (Å²) in [5.41, 5.74) is 1.86. The third kappa shape index (κ3) is 5.13. The maximum atomic E-state index is 13.2. The summed E-state index contributed by atoms with van der Waals surface area (Å²) in [5.74, 6) is 0.598. The van der Waals surface area contributed by atoms with Crippen LogP contribution in [0.1, 0.15) is 39.0 Å². The Labute approximate surface area is 190 Å². The number of para-hydroxylation sites is 1. The standard InChI is InChI=1S/C26H33N3O3/c1-2-3-4-8-19-32-23-13-11-22(12-14-23)29-25(30)20-24(26(29)31)28-17-15-27(16-18-28)21-9-6-5-7-10-21/h5-7,9-14,24H,2-4,8,15-20H2,1H3/p+1/t24-/m1/s1. The monoisotopic (exact) mass is 436 g/mol. The third-order valence-electron chi connectivity index (χ3n) is 6.53. The number of anilines is 2. The molecule has 2 amide bonds. The number of carbonyl (C=O) groups is 2. The Kier molecular flexibility index (Phi) is 7.43. The number of nitrogens with one attached hydrogen (secondary N) is 1. The highest BCUT2D eigenvalue weighted by molar-refractivity contribution is 6.21. The molecule has 32 heavy (non-hydrogen) atoms. The first-order valence-corrected chi connectivity index (χ1v) is 11.9. The van der Waals surface area contributed by atoms with Crippen LogP contribution in [0.5, 0.6) is 5.75 Å². The number of imide groups is 1. The van der Waals surface area contributed by atoms with E-state index in [1.807, 2.05) is 42.5 Å². The minimum atomic E-state index is -0.282. The van der Waals surface area contributed by atoms with E-state index in [1.54, 1.807) is 0 Å². The van der Waals surface area contributed by atoms with Gasteiger partial charge >= 0.3 is 0 Å². The largest absolute Gasteiger partial charge is 0.494 e. The van der Waals surface area contributed by atoms with Crippen molar-refractivity contribution in [1.82, 2.24) is 0 Å². The van der Waals surface area contributed by atoms with Crippen LogP contribution < -0.4 is 19.4 Å². The molecule has 0 radical (unpaired) electrons. The first kappa shape index (κ1) is 22.3. The first-order chi connectivity index (χ1) is 15.7. The second-order valence-corrected chi connectivity index (χ2v) is 8.71. The number of carbonyl (C=O) groups excluding carboxylic acids is 2. The average Bonchev–Trinajstić information content (AvgIpc) is 3.14. The number of amides is 2. The fourth-order valence-electron chi connectivity index (χ4n) is 4.67. The lowest BCUT2D eigenvalue weighted by Gasteiger charge is -2.35. The second kappa shape index (κ2) is 10.6. The van der Waals surface area contributed by atoms with Crippen LogP contribution in [0.4, 0.5) is 11.4 Å². The number of hydrogen-bond acceptors (Lipinski definition) is 4. The van der Waals surface area contributed by atoms with Crippen LogP contribution in [0.25, 0.3) is 0 Å². The molecule has 2 saturated heterocycles. The van der Waals surface area contributed by atoms with Crippen molar-refractivity contribution in [2.24, 2.45) is 0 Å². The molecule has 0 aliphatic carbocycles. The molecule has 2 heterocycles. The molecule has 0 unspecified atom stereocenters. The van der Waals surface area contributed by atoms with Crippen molar-refractivity contribution in [1.29, 1.82) is 0 Å². The van der Waals surface area contributed by atoms with Crippen LogP contribution in [-0.4, -0.2) is 50.6 Å². The van der Waals surface area contributed by atoms with Gasteiger partial charge in [-0.25, -0.2) is 4.90 Å². The highest BCUT2D eigenvalue weighted by Crippen LogP contribution is 2.25. The predicted octanol–water partition coefficient (Wildman–Crippen LogP) is 2.68. The lowest BCUT2D eigenvalue weighted by molar-refractivity contribution is -0.915. The summed E-state index contributed by atoms with van der Waals surface area (Å²) >= 11 is 0. The average molecular weight is 437 g/mol. The van der Waals surface area contributed by atoms with Crippen molar-refractivity contribution in [3.63, 3.8) is 0 Å². The van der Waals surface area contributed by atoms with Crippen molar-refractivity contribution < 1.29 is 19.2 Å². The van der Waals surface area contributed by atoms with Crippen LogP contribution in [0.3, 0.4) is 0 Å². The quantitative estimate of drug-likeness (QED) is 0.485. The Balaban J connectivity index is 1.32. The molecular weight excluding hydrogens is 402 g/mol. The summed E-state index contributed by atoms with van der Waals surface area (Å²) in [6.07, 6.45) is 4.94. The van der Waals surface area contributed by atoms with E-state index in [9.17, 15) is 9.59 Å². The van der Waals surface area contributed by atoms with E-state index in [4.69, 9.17) is 4.74 Å². The normalized spacial score (nSPS) is 19.6. The molecule has 4 rings (SSSR count). The number of unbranched alkanes of at least 4 members (excludes halogenated alkanes) is 3. The number of hydrogen-bond donors (Lipinski definition) is 1. The first-order valence-electron chi connectivity index (χ1n) is 11.9. The summed E-state index contributed by atoms with van der Waals surface area (Å²) < 4.78 is 5.79. The summed E-state index contributed by atoms with van der Waals surface area (Å²) in [6.45, 7) is 6.39. The molecular formula is C26H34N3O3+. The number of quaternary nitrogens is 1. The fourth-order valence-corrected chi connectivity index (χ4v) is 4.67. The van der Waals surface area contributed by atoms with Gasteiger partial charge in [-0.05, 0) is 42.8 Å². The van der Waals surface area contributed by atoms with Gasteiger partial charge in [0.05, 0.1) is 44.9 Å². The van der Waals surface area contributed by atoms with Gasteiger partial charge in [0.1, 0.15) is 5.75 Å². The molecule has 1 N–H and O–H groups in total. The van der Waals surface area contributed by atoms with Crippen LogP contribution in [0.15, 0.2) is 54.6 Å². The smallest absolute Gasteiger partial charge is 0.292 e. The minimum Gasteiger partial charge on any atom is -0.494 e. The topological polar surface area (TPSA) is 54.3 Å². The van der Waals surface area contributed by atoms with E-state index < -0.39 is 0 Å². The highest BCUT2D eigenvalue weighted by Gasteiger charge is 2.46. The zero-order chi connectivity index (χ0) is 22.3. The molecule has 6 heteroatoms. The fraction of sp³-hybridized carbons (Fsp3) is 0.462. The predicted molar refractivity (Wildman–Crippen MR) is 126 cm³/mol. The van der Waals surface area contributed by atoms with Gasteiger partial charge in [-0.15, -0.1) is 0 Å². The number of piperazine rings is 1. The van der Waals surface area contributed by atoms with Gasteiger partial charge in [0.15, 0.2) is 6.04 Å². The van der Waals surface area contributed by atoms with Crippen LogP contribution in [0, 0.1) is 0 Å². The zero-order valence-corrected chi connectivity index (χ0v) is 19.0. The number of rotatable bonds is 9. The second-order valence-electron chi connectivity index (χ2n) is 8.71. The zero-order valence-electron chi connectivity index (χ0n) is 19.0. The molecule has 1 atom stereocenters. The molecule has 0 saturated carbocycles. The molecule has 6 nitrogen and oxygen atoms in total. The van der Waals surface area contributed by atoms with Crippen molar-refractivity contribution in [3.8, 4) is 5.75 Å². The molecule has 2 aromatic rings. The Bertz CT molecular complexity index is 892. The van der Waals surface area contributed by atoms with Gasteiger partial charge in [-0.1, -0.05) is 44.4 Å². The van der Waals surface area contributed by atoms with Crippen LogP contribution in [0.2, 0.25) is 0 Å². The lowest BCUT2D eigenvalue weighted by Crippen LogP contribution is -3.19. The van der Waals surface area contributed by atoms with E-state index in [-0.39, 0.29) is 24.3 Å². The third-order valence-corrected chi connectivity index (χ3v) is 6.53. The summed E-state index contributed by atoms with van der Waals surface area (Å²) in [5, 5.41) is 0. The molecule has 2 fully saturated rings. The van der Waals surface area contributed by atoms with Crippen molar-refractivity contribution in [3.05, 3.63) is 54.6 Å². The van der Waals surface area contributed by atoms with E-state index in [2.05, 4.69) is 24.0 Å². The minimum absolute atomic E-state index is 0.0774. The molecule has 170 valence electrons. The molecule has 2 aliphatic heterocycles. The maximum Gasteiger partial charge on any atom is 0.292 e. The Morgan fingerprint density at radius 2 is 1.62 bits per heavy atom. The van der Waals surface area contributed by atoms with Gasteiger partial charge in [-0.2, -0.15) is 0 Å². The Morgan fingerprint density at radius 1 is 0.906 bits per heavy atom. The van der Waals surface area contributed by atoms with Crippen molar-refractivity contribution in [2.45, 2.75) is 45.1 Å². The van der Waals surface area contributed by atoms with Crippen molar-refractivity contribution in [2.75, 3.05) is 42.6 Å². The molecule has 2 aliphatic rings. The van der Waals surface area contributed by atoms with E-state index >= 15 is 0 Å². The molecule has 0 aromatic heterocycles. The highest BCUT2D eigenvalue weighted by atomic mass is 16.5. The molecule has 0 bridgehead atoms. The SMILES string of the molecule is CCCCCCOc1ccc(N2C(=O)C[C@@H]([NH+]3CCN(c4ccccc4)CC3)C2=O)cc1. The lowest BCUT2D eigenvalue weighted by atomic mass is 10.1. The number of benzene rings is 2. The summed E-state index contributed by atoms with van der Waals surface area (Å²) in [6, 6.07) is 17.4. The summed E-state index contributed by atoms with van der Waals surface area (Å²) in [7, 11) is 0. The Hall–Kier alpha value is -2.86. The van der Waals surface area contributed by atoms with Gasteiger partial charge in [0, 0.05) is 5.69 Å². The van der Waals surface area contributed by atoms with Crippen LogP contribution in [-0.2, 0) is 9.59 Å². The summed E-state index contributed by atoms with van der Waals surface area (Å²) in [4.78, 5) is 30.8. The number of ether oxygens (including phenoxy) is 1. The van der Waals surface area contributed by atoms with E-state index in [0.717, 1.165) is 38.3 Å². The van der Waals surface area contributed by atoms with Gasteiger partial charge in [0.25, 0.3) is 5.91 Å². The number of nitrogens with zero attached hydrogens (tertiary/aromatic N) is 2. The van der Waals surface area contributed by atoms with E-state index in [1.165, 1.54) is 34.7 Å². The molecule has 0 spiro atoms. The Morgan fingerprint density at radius 3 is 2.31 bits per heavy atom. The maximum absolute atomic E-state index is 13.2. The van der Waals surface area contributed by atoms with Gasteiger partial charge < -0.3 is 14.5 Å². The van der Waals surface area contributed by atoms with Crippen LogP contribution >= 0.6 is 0 Å². The van der Waals surface area contributed by atoms with Gasteiger partial charge in [0.2, 0.25) is 5.91 Å². The molecule has 2 aromatic carbocycles. The van der Waals surface area contributed by atoms with E-state index in [0.29, 0.717) is 12.3 Å². The van der Waals surface area contributed by atoms with Crippen molar-refractivity contribution >= 4 is 23.2 Å². The van der Waals surface area contributed by atoms with Gasteiger partial charge in [-0.3, -0.25) is 9.59 Å².